The molecule has 0 saturated carbocycles. The Labute approximate surface area is 72.2 Å². The van der Waals surface area contributed by atoms with Crippen LogP contribution in [0.4, 0.5) is 4.79 Å². The largest absolute Gasteiger partial charge is 0.351 e. The first kappa shape index (κ1) is 7.65. The van der Waals surface area contributed by atoms with Gasteiger partial charge in [0.05, 0.1) is 0 Å². The van der Waals surface area contributed by atoms with Gasteiger partial charge in [-0.15, -0.1) is 0 Å². The first-order chi connectivity index (χ1) is 5.79. The summed E-state index contributed by atoms with van der Waals surface area (Å²) in [6.45, 7) is 0.845. The minimum atomic E-state index is -0.256. The summed E-state index contributed by atoms with van der Waals surface area (Å²) in [5.74, 6) is 0.575. The second-order valence-corrected chi connectivity index (χ2v) is 3.57. The third-order valence-corrected chi connectivity index (χ3v) is 2.87. The van der Waals surface area contributed by atoms with Crippen LogP contribution in [0.2, 0.25) is 0 Å². The molecule has 1 fully saturated rings. The van der Waals surface area contributed by atoms with Gasteiger partial charge in [-0.1, -0.05) is 12.2 Å². The van der Waals surface area contributed by atoms with Crippen LogP contribution >= 0.6 is 0 Å². The van der Waals surface area contributed by atoms with Crippen molar-refractivity contribution < 1.29 is 4.79 Å². The molecule has 2 atom stereocenters. The minimum absolute atomic E-state index is 0.256. The fourth-order valence-corrected chi connectivity index (χ4v) is 2.28. The van der Waals surface area contributed by atoms with Crippen LogP contribution in [0.3, 0.4) is 0 Å². The number of amides is 2. The highest BCUT2D eigenvalue weighted by molar-refractivity contribution is 5.72. The Morgan fingerprint density at radius 2 is 2.42 bits per heavy atom. The molecule has 2 unspecified atom stereocenters. The standard InChI is InChI=1S/C9H14N2O/c10-9(12)11-6-2-4-7-3-1-5-8(7)11/h1,3,7-8H,2,4-6H2,(H2,10,12). The Morgan fingerprint density at radius 3 is 3.17 bits per heavy atom. The lowest BCUT2D eigenvalue weighted by Gasteiger charge is -2.36. The number of hydrogen-bond acceptors (Lipinski definition) is 1. The molecule has 1 aliphatic heterocycles. The van der Waals surface area contributed by atoms with Gasteiger partial charge in [0.25, 0.3) is 0 Å². The molecular weight excluding hydrogens is 152 g/mol. The number of piperidine rings is 1. The van der Waals surface area contributed by atoms with Gasteiger partial charge in [0.15, 0.2) is 0 Å². The fraction of sp³-hybridized carbons (Fsp3) is 0.667. The van der Waals surface area contributed by atoms with E-state index in [1.54, 1.807) is 0 Å². The zero-order valence-corrected chi connectivity index (χ0v) is 7.07. The van der Waals surface area contributed by atoms with E-state index >= 15 is 0 Å². The third kappa shape index (κ3) is 1.09. The first-order valence-corrected chi connectivity index (χ1v) is 4.52. The monoisotopic (exact) mass is 166 g/mol. The highest BCUT2D eigenvalue weighted by Crippen LogP contribution is 2.31. The van der Waals surface area contributed by atoms with Gasteiger partial charge in [-0.3, -0.25) is 0 Å². The topological polar surface area (TPSA) is 46.3 Å². The molecule has 0 radical (unpaired) electrons. The summed E-state index contributed by atoms with van der Waals surface area (Å²) in [6, 6.07) is 0.115. The summed E-state index contributed by atoms with van der Waals surface area (Å²) in [7, 11) is 0. The van der Waals surface area contributed by atoms with E-state index in [1.165, 1.54) is 6.42 Å². The molecule has 1 aliphatic carbocycles. The van der Waals surface area contributed by atoms with Crippen molar-refractivity contribution in [2.75, 3.05) is 6.54 Å². The second-order valence-electron chi connectivity index (χ2n) is 3.57. The maximum atomic E-state index is 11.0. The van der Waals surface area contributed by atoms with Crippen molar-refractivity contribution in [2.24, 2.45) is 11.7 Å². The summed E-state index contributed by atoms with van der Waals surface area (Å²) in [5.41, 5.74) is 5.28. The number of rotatable bonds is 0. The maximum absolute atomic E-state index is 11.0. The van der Waals surface area contributed by atoms with Crippen molar-refractivity contribution in [2.45, 2.75) is 25.3 Å². The van der Waals surface area contributed by atoms with E-state index in [-0.39, 0.29) is 6.03 Å². The van der Waals surface area contributed by atoms with Gasteiger partial charge >= 0.3 is 6.03 Å². The second kappa shape index (κ2) is 2.81. The lowest BCUT2D eigenvalue weighted by Crippen LogP contribution is -2.48. The van der Waals surface area contributed by atoms with Crippen LogP contribution in [-0.4, -0.2) is 23.5 Å². The van der Waals surface area contributed by atoms with Crippen molar-refractivity contribution >= 4 is 6.03 Å². The fourth-order valence-electron chi connectivity index (χ4n) is 2.28. The van der Waals surface area contributed by atoms with E-state index in [4.69, 9.17) is 5.73 Å². The van der Waals surface area contributed by atoms with Crippen LogP contribution in [0.5, 0.6) is 0 Å². The predicted molar refractivity (Wildman–Crippen MR) is 46.6 cm³/mol. The Morgan fingerprint density at radius 1 is 1.58 bits per heavy atom. The first-order valence-electron chi connectivity index (χ1n) is 4.52. The van der Waals surface area contributed by atoms with Gasteiger partial charge in [-0.2, -0.15) is 0 Å². The molecule has 0 bridgehead atoms. The van der Waals surface area contributed by atoms with Crippen molar-refractivity contribution in [1.82, 2.24) is 4.90 Å². The summed E-state index contributed by atoms with van der Waals surface area (Å²) < 4.78 is 0. The van der Waals surface area contributed by atoms with Gasteiger partial charge in [-0.05, 0) is 25.2 Å². The zero-order valence-electron chi connectivity index (χ0n) is 7.07. The van der Waals surface area contributed by atoms with E-state index in [2.05, 4.69) is 12.2 Å². The lowest BCUT2D eigenvalue weighted by atomic mass is 9.92. The number of nitrogens with two attached hydrogens (primary N) is 1. The molecule has 3 nitrogen and oxygen atoms in total. The quantitative estimate of drug-likeness (QED) is 0.538. The van der Waals surface area contributed by atoms with Gasteiger partial charge in [0, 0.05) is 12.6 Å². The van der Waals surface area contributed by atoms with E-state index in [0.717, 1.165) is 19.4 Å². The maximum Gasteiger partial charge on any atom is 0.315 e. The van der Waals surface area contributed by atoms with Crippen LogP contribution in [0.25, 0.3) is 0 Å². The average molecular weight is 166 g/mol. The molecule has 66 valence electrons. The lowest BCUT2D eigenvalue weighted by molar-refractivity contribution is 0.143. The number of hydrogen-bond donors (Lipinski definition) is 1. The van der Waals surface area contributed by atoms with Crippen molar-refractivity contribution in [1.29, 1.82) is 0 Å². The molecular formula is C9H14N2O. The molecule has 0 aromatic carbocycles. The Bertz CT molecular complexity index is 225. The number of fused-ring (bicyclic) bond motifs is 1. The molecule has 2 N–H and O–H groups in total. The van der Waals surface area contributed by atoms with Crippen LogP contribution in [0.15, 0.2) is 12.2 Å². The summed E-state index contributed by atoms with van der Waals surface area (Å²) >= 11 is 0. The molecule has 0 spiro atoms. The van der Waals surface area contributed by atoms with E-state index in [0.29, 0.717) is 12.0 Å². The molecule has 0 aromatic rings. The number of carbonyl (C=O) groups is 1. The van der Waals surface area contributed by atoms with E-state index in [1.807, 2.05) is 4.90 Å². The molecule has 3 heteroatoms. The number of primary amides is 1. The van der Waals surface area contributed by atoms with Crippen molar-refractivity contribution in [3.63, 3.8) is 0 Å². The minimum Gasteiger partial charge on any atom is -0.351 e. The summed E-state index contributed by atoms with van der Waals surface area (Å²) in [4.78, 5) is 12.8. The molecule has 2 amide bonds. The Balaban J connectivity index is 2.11. The molecule has 0 aromatic heterocycles. The number of urea groups is 1. The van der Waals surface area contributed by atoms with Crippen LogP contribution in [-0.2, 0) is 0 Å². The molecule has 1 heterocycles. The smallest absolute Gasteiger partial charge is 0.315 e. The number of likely N-dealkylation sites (tertiary alicyclic amines) is 1. The highest BCUT2D eigenvalue weighted by atomic mass is 16.2. The van der Waals surface area contributed by atoms with Gasteiger partial charge in [0.2, 0.25) is 0 Å². The van der Waals surface area contributed by atoms with Gasteiger partial charge < -0.3 is 10.6 Å². The molecule has 2 aliphatic rings. The average Bonchev–Trinajstić information content (AvgIpc) is 2.49. The van der Waals surface area contributed by atoms with Gasteiger partial charge in [-0.25, -0.2) is 4.79 Å². The number of nitrogens with zero attached hydrogens (tertiary/aromatic N) is 1. The van der Waals surface area contributed by atoms with Crippen LogP contribution in [0, 0.1) is 5.92 Å². The SMILES string of the molecule is NC(=O)N1CCCC2C=CCC21. The van der Waals surface area contributed by atoms with Crippen LogP contribution < -0.4 is 5.73 Å². The summed E-state index contributed by atoms with van der Waals surface area (Å²) in [5, 5.41) is 0. The normalized spacial score (nSPS) is 33.5. The molecule has 2 rings (SSSR count). The zero-order chi connectivity index (χ0) is 8.55. The Kier molecular flexibility index (Phi) is 1.79. The number of carbonyl (C=O) groups excluding carboxylic acids is 1. The molecule has 12 heavy (non-hydrogen) atoms. The Hall–Kier alpha value is -0.990. The predicted octanol–water partition coefficient (Wildman–Crippen LogP) is 1.11. The van der Waals surface area contributed by atoms with E-state index in [9.17, 15) is 4.79 Å². The molecule has 1 saturated heterocycles. The van der Waals surface area contributed by atoms with Crippen molar-refractivity contribution in [3.8, 4) is 0 Å². The van der Waals surface area contributed by atoms with Gasteiger partial charge in [0.1, 0.15) is 0 Å². The summed E-state index contributed by atoms with van der Waals surface area (Å²) in [6.07, 6.45) is 7.68. The van der Waals surface area contributed by atoms with E-state index < -0.39 is 0 Å². The third-order valence-electron chi connectivity index (χ3n) is 2.87. The van der Waals surface area contributed by atoms with Crippen LogP contribution in [0.1, 0.15) is 19.3 Å². The van der Waals surface area contributed by atoms with Crippen molar-refractivity contribution in [3.05, 3.63) is 12.2 Å². The highest BCUT2D eigenvalue weighted by Gasteiger charge is 2.33.